The molecule has 3 heteroatoms. The van der Waals surface area contributed by atoms with E-state index in [9.17, 15) is 4.79 Å². The summed E-state index contributed by atoms with van der Waals surface area (Å²) in [7, 11) is 0. The largest absolute Gasteiger partial charge is 0.315 e. The van der Waals surface area contributed by atoms with E-state index in [1.165, 1.54) is 74.8 Å². The molecular formula is C23H38NOY+. The third-order valence-corrected chi connectivity index (χ3v) is 6.24. The van der Waals surface area contributed by atoms with E-state index in [-0.39, 0.29) is 38.8 Å². The topological polar surface area (TPSA) is 17.1 Å². The van der Waals surface area contributed by atoms with E-state index >= 15 is 0 Å². The van der Waals surface area contributed by atoms with E-state index in [1.807, 2.05) is 0 Å². The number of unbranched alkanes of at least 4 members (excludes halogenated alkanes) is 1. The first-order valence-corrected chi connectivity index (χ1v) is 10.5. The Balaban J connectivity index is 0.00000338. The second kappa shape index (κ2) is 11.7. The zero-order chi connectivity index (χ0) is 18.3. The van der Waals surface area contributed by atoms with Crippen LogP contribution in [-0.2, 0) is 43.9 Å². The van der Waals surface area contributed by atoms with Crippen molar-refractivity contribution >= 4 is 5.78 Å². The van der Waals surface area contributed by atoms with Crippen LogP contribution in [0.25, 0.3) is 0 Å². The summed E-state index contributed by atoms with van der Waals surface area (Å²) >= 11 is 0. The van der Waals surface area contributed by atoms with E-state index in [1.54, 1.807) is 0 Å². The van der Waals surface area contributed by atoms with Gasteiger partial charge < -0.3 is 4.48 Å². The average molecular weight is 433 g/mol. The molecule has 0 saturated carbocycles. The van der Waals surface area contributed by atoms with Gasteiger partial charge in [0.25, 0.3) is 0 Å². The van der Waals surface area contributed by atoms with Gasteiger partial charge in [-0.05, 0) is 62.6 Å². The number of Topliss-reactive ketones (excluding diaryl/α,β-unsaturated/α-hetero) is 1. The third kappa shape index (κ3) is 5.98. The van der Waals surface area contributed by atoms with E-state index in [4.69, 9.17) is 0 Å². The smallest absolute Gasteiger partial charge is 0.194 e. The van der Waals surface area contributed by atoms with Crippen LogP contribution in [-0.4, -0.2) is 35.9 Å². The first kappa shape index (κ1) is 24.0. The molecule has 0 spiro atoms. The Bertz CT molecular complexity index is 538. The van der Waals surface area contributed by atoms with Gasteiger partial charge in [-0.15, -0.1) is 0 Å². The quantitative estimate of drug-likeness (QED) is 0.478. The molecule has 0 aromatic heterocycles. The van der Waals surface area contributed by atoms with Gasteiger partial charge in [0, 0.05) is 45.6 Å². The molecule has 2 rings (SSSR count). The molecular weight excluding hydrogens is 395 g/mol. The Kier molecular flexibility index (Phi) is 10.8. The Morgan fingerprint density at radius 3 is 2.19 bits per heavy atom. The summed E-state index contributed by atoms with van der Waals surface area (Å²) < 4.78 is 1.07. The number of quaternary nitrogens is 1. The van der Waals surface area contributed by atoms with Crippen molar-refractivity contribution in [1.29, 1.82) is 0 Å². The fourth-order valence-electron chi connectivity index (χ4n) is 4.84. The summed E-state index contributed by atoms with van der Waals surface area (Å²) in [6, 6.07) is 6.60. The molecule has 26 heavy (non-hydrogen) atoms. The number of carbonyl (C=O) groups is 1. The molecule has 0 N–H and O–H groups in total. The van der Waals surface area contributed by atoms with Crippen molar-refractivity contribution in [3.05, 3.63) is 34.9 Å². The molecule has 143 valence electrons. The number of aryl methyl sites for hydroxylation is 2. The number of ketones is 1. The molecule has 1 aromatic rings. The van der Waals surface area contributed by atoms with E-state index in [0.29, 0.717) is 12.2 Å². The second-order valence-corrected chi connectivity index (χ2v) is 8.12. The summed E-state index contributed by atoms with van der Waals surface area (Å²) in [5.74, 6) is 0.487. The zero-order valence-electron chi connectivity index (χ0n) is 17.5. The Morgan fingerprint density at radius 2 is 1.65 bits per heavy atom. The van der Waals surface area contributed by atoms with Gasteiger partial charge in [-0.1, -0.05) is 38.5 Å². The predicted molar refractivity (Wildman–Crippen MR) is 107 cm³/mol. The minimum Gasteiger partial charge on any atom is -0.315 e. The minimum atomic E-state index is 0. The Morgan fingerprint density at radius 1 is 1.04 bits per heavy atom. The normalized spacial score (nSPS) is 17.4. The minimum absolute atomic E-state index is 0. The molecule has 1 aromatic carbocycles. The third-order valence-electron chi connectivity index (χ3n) is 6.24. The van der Waals surface area contributed by atoms with Crippen LogP contribution in [0.15, 0.2) is 18.2 Å². The molecule has 1 radical (unpaired) electrons. The Hall–Kier alpha value is -0.0461. The first-order chi connectivity index (χ1) is 12.0. The molecule has 0 bridgehead atoms. The fraction of sp³-hybridized carbons (Fsp3) is 0.696. The maximum atomic E-state index is 13.5. The molecule has 0 amide bonds. The maximum absolute atomic E-state index is 13.5. The number of rotatable bonds is 9. The number of carbonyl (C=O) groups excluding carboxylic acids is 1. The van der Waals surface area contributed by atoms with Crippen molar-refractivity contribution in [2.24, 2.45) is 0 Å². The molecule has 0 unspecified atom stereocenters. The number of hydrogen-bond acceptors (Lipinski definition) is 1. The van der Waals surface area contributed by atoms with Crippen LogP contribution in [0.5, 0.6) is 0 Å². The first-order valence-electron chi connectivity index (χ1n) is 10.5. The van der Waals surface area contributed by atoms with Crippen molar-refractivity contribution < 1.29 is 42.0 Å². The monoisotopic (exact) mass is 433 g/mol. The van der Waals surface area contributed by atoms with Crippen molar-refractivity contribution in [2.75, 3.05) is 19.6 Å². The van der Waals surface area contributed by atoms with Crippen LogP contribution in [0.4, 0.5) is 0 Å². The summed E-state index contributed by atoms with van der Waals surface area (Å²) in [6.07, 6.45) is 9.15. The number of likely N-dealkylation sites (tertiary alicyclic amines) is 1. The van der Waals surface area contributed by atoms with E-state index in [2.05, 4.69) is 45.9 Å². The predicted octanol–water partition coefficient (Wildman–Crippen LogP) is 5.38. The van der Waals surface area contributed by atoms with Crippen LogP contribution in [0.2, 0.25) is 0 Å². The number of benzene rings is 1. The van der Waals surface area contributed by atoms with E-state index in [0.717, 1.165) is 10.9 Å². The number of piperidine rings is 1. The fourth-order valence-corrected chi connectivity index (χ4v) is 4.84. The van der Waals surface area contributed by atoms with Crippen molar-refractivity contribution in [3.8, 4) is 0 Å². The van der Waals surface area contributed by atoms with Crippen LogP contribution in [0, 0.1) is 13.8 Å². The molecule has 0 aliphatic carbocycles. The molecule has 1 saturated heterocycles. The van der Waals surface area contributed by atoms with Crippen LogP contribution >= 0.6 is 0 Å². The van der Waals surface area contributed by atoms with Gasteiger partial charge in [-0.2, -0.15) is 0 Å². The van der Waals surface area contributed by atoms with Gasteiger partial charge in [-0.3, -0.25) is 4.79 Å². The van der Waals surface area contributed by atoms with Gasteiger partial charge >= 0.3 is 0 Å². The van der Waals surface area contributed by atoms with Crippen LogP contribution < -0.4 is 0 Å². The Labute approximate surface area is 186 Å². The average Bonchev–Trinajstić information content (AvgIpc) is 2.59. The van der Waals surface area contributed by atoms with Gasteiger partial charge in [0.1, 0.15) is 6.04 Å². The molecule has 1 atom stereocenters. The van der Waals surface area contributed by atoms with Gasteiger partial charge in [0.15, 0.2) is 5.78 Å². The molecule has 1 aliphatic heterocycles. The molecule has 1 aliphatic rings. The van der Waals surface area contributed by atoms with Gasteiger partial charge in [0.05, 0.1) is 19.6 Å². The van der Waals surface area contributed by atoms with Crippen molar-refractivity contribution in [2.45, 2.75) is 85.1 Å². The standard InChI is InChI=1S/C23H38NO.Y/c1-5-7-14-22(24(15-6-2)16-9-8-10-17-24)23(25)18-21-19(3)12-11-13-20(21)4;/h11-13,22H,5-10,14-18H2,1-4H3;/q+1;/t22-;/m1./s1. The summed E-state index contributed by atoms with van der Waals surface area (Å²) in [6.45, 7) is 12.4. The maximum Gasteiger partial charge on any atom is 0.194 e. The number of hydrogen-bond donors (Lipinski definition) is 0. The number of nitrogens with zero attached hydrogens (tertiary/aromatic N) is 1. The zero-order valence-corrected chi connectivity index (χ0v) is 20.4. The molecule has 1 fully saturated rings. The van der Waals surface area contributed by atoms with Crippen LogP contribution in [0.1, 0.15) is 75.5 Å². The van der Waals surface area contributed by atoms with Gasteiger partial charge in [0.2, 0.25) is 0 Å². The summed E-state index contributed by atoms with van der Waals surface area (Å²) in [4.78, 5) is 13.5. The summed E-state index contributed by atoms with van der Waals surface area (Å²) in [5.41, 5.74) is 3.80. The molecule has 2 nitrogen and oxygen atoms in total. The van der Waals surface area contributed by atoms with Crippen molar-refractivity contribution in [1.82, 2.24) is 0 Å². The van der Waals surface area contributed by atoms with Crippen molar-refractivity contribution in [3.63, 3.8) is 0 Å². The SMILES string of the molecule is CCCC[C@H](C(=O)Cc1c(C)cccc1C)[N+]1(CCC)CCCCC1.[Y]. The molecule has 1 heterocycles. The van der Waals surface area contributed by atoms with Gasteiger partial charge in [-0.25, -0.2) is 0 Å². The summed E-state index contributed by atoms with van der Waals surface area (Å²) in [5, 5.41) is 0. The second-order valence-electron chi connectivity index (χ2n) is 8.12. The van der Waals surface area contributed by atoms with Crippen LogP contribution in [0.3, 0.4) is 0 Å². The van der Waals surface area contributed by atoms with E-state index < -0.39 is 0 Å².